The first-order valence-electron chi connectivity index (χ1n) is 2.38. The fourth-order valence-corrected chi connectivity index (χ4v) is 0.440. The van der Waals surface area contributed by atoms with E-state index in [0.29, 0.717) is 0 Å². The maximum absolute atomic E-state index is 4.89. The van der Waals surface area contributed by atoms with Gasteiger partial charge in [-0.05, 0) is 0 Å². The molecule has 2 nitrogen and oxygen atoms in total. The SMILES string of the molecule is C1=COCCCO1. The molecule has 1 rings (SSSR count). The van der Waals surface area contributed by atoms with E-state index in [1.54, 1.807) is 12.5 Å². The summed E-state index contributed by atoms with van der Waals surface area (Å²) in [7, 11) is 0. The third-order valence-electron chi connectivity index (χ3n) is 0.772. The molecule has 0 aromatic heterocycles. The lowest BCUT2D eigenvalue weighted by molar-refractivity contribution is 0.228. The van der Waals surface area contributed by atoms with E-state index in [1.807, 2.05) is 0 Å². The lowest BCUT2D eigenvalue weighted by Gasteiger charge is -1.91. The van der Waals surface area contributed by atoms with Gasteiger partial charge in [0.1, 0.15) is 12.5 Å². The van der Waals surface area contributed by atoms with Gasteiger partial charge in [-0.1, -0.05) is 0 Å². The molecule has 1 aliphatic heterocycles. The van der Waals surface area contributed by atoms with Crippen molar-refractivity contribution in [2.24, 2.45) is 0 Å². The van der Waals surface area contributed by atoms with E-state index >= 15 is 0 Å². The van der Waals surface area contributed by atoms with Crippen molar-refractivity contribution in [3.8, 4) is 0 Å². The topological polar surface area (TPSA) is 18.5 Å². The van der Waals surface area contributed by atoms with Gasteiger partial charge in [-0.15, -0.1) is 0 Å². The van der Waals surface area contributed by atoms with Gasteiger partial charge in [-0.2, -0.15) is 0 Å². The summed E-state index contributed by atoms with van der Waals surface area (Å²) in [5.74, 6) is 0. The maximum atomic E-state index is 4.89. The Morgan fingerprint density at radius 1 is 1.00 bits per heavy atom. The van der Waals surface area contributed by atoms with Gasteiger partial charge in [-0.25, -0.2) is 0 Å². The van der Waals surface area contributed by atoms with Crippen LogP contribution in [0.15, 0.2) is 12.5 Å². The van der Waals surface area contributed by atoms with Crippen LogP contribution in [0.4, 0.5) is 0 Å². The highest BCUT2D eigenvalue weighted by atomic mass is 16.5. The standard InChI is InChI=1S/C5H8O2/c1-2-6-4-5-7-3-1/h4-5H,1-3H2. The molecule has 0 atom stereocenters. The molecule has 0 aromatic carbocycles. The highest BCUT2D eigenvalue weighted by Crippen LogP contribution is 1.91. The zero-order chi connectivity index (χ0) is 4.95. The van der Waals surface area contributed by atoms with Crippen molar-refractivity contribution >= 4 is 0 Å². The fourth-order valence-electron chi connectivity index (χ4n) is 0.440. The summed E-state index contributed by atoms with van der Waals surface area (Å²) in [6.45, 7) is 1.58. The Morgan fingerprint density at radius 2 is 1.57 bits per heavy atom. The summed E-state index contributed by atoms with van der Waals surface area (Å²) in [4.78, 5) is 0. The summed E-state index contributed by atoms with van der Waals surface area (Å²) >= 11 is 0. The zero-order valence-electron chi connectivity index (χ0n) is 4.09. The van der Waals surface area contributed by atoms with Crippen molar-refractivity contribution in [2.75, 3.05) is 13.2 Å². The van der Waals surface area contributed by atoms with E-state index in [-0.39, 0.29) is 0 Å². The van der Waals surface area contributed by atoms with Crippen LogP contribution >= 0.6 is 0 Å². The van der Waals surface area contributed by atoms with Crippen molar-refractivity contribution in [1.29, 1.82) is 0 Å². The molecule has 0 bridgehead atoms. The molecule has 0 spiro atoms. The molecule has 40 valence electrons. The first-order valence-corrected chi connectivity index (χ1v) is 2.38. The Morgan fingerprint density at radius 3 is 2.14 bits per heavy atom. The minimum absolute atomic E-state index is 0.788. The summed E-state index contributed by atoms with van der Waals surface area (Å²) in [6.07, 6.45) is 4.15. The minimum Gasteiger partial charge on any atom is -0.498 e. The largest absolute Gasteiger partial charge is 0.498 e. The summed E-state index contributed by atoms with van der Waals surface area (Å²) in [5.41, 5.74) is 0. The molecule has 0 N–H and O–H groups in total. The monoisotopic (exact) mass is 100 g/mol. The normalized spacial score (nSPS) is 19.4. The van der Waals surface area contributed by atoms with E-state index < -0.39 is 0 Å². The Kier molecular flexibility index (Phi) is 1.61. The smallest absolute Gasteiger partial charge is 0.117 e. The third kappa shape index (κ3) is 1.48. The number of hydrogen-bond donors (Lipinski definition) is 0. The molecule has 2 heteroatoms. The highest BCUT2D eigenvalue weighted by Gasteiger charge is 1.88. The average Bonchev–Trinajstić information content (AvgIpc) is 1.90. The number of hydrogen-bond acceptors (Lipinski definition) is 2. The van der Waals surface area contributed by atoms with Crippen LogP contribution in [-0.4, -0.2) is 13.2 Å². The summed E-state index contributed by atoms with van der Waals surface area (Å²) in [5, 5.41) is 0. The van der Waals surface area contributed by atoms with E-state index in [2.05, 4.69) is 0 Å². The van der Waals surface area contributed by atoms with Crippen LogP contribution in [0.25, 0.3) is 0 Å². The highest BCUT2D eigenvalue weighted by molar-refractivity contribution is 4.63. The molecule has 0 aromatic rings. The molecule has 1 aliphatic rings. The van der Waals surface area contributed by atoms with Crippen molar-refractivity contribution in [1.82, 2.24) is 0 Å². The molecule has 0 saturated heterocycles. The van der Waals surface area contributed by atoms with Gasteiger partial charge >= 0.3 is 0 Å². The van der Waals surface area contributed by atoms with Crippen LogP contribution in [0.3, 0.4) is 0 Å². The van der Waals surface area contributed by atoms with E-state index in [0.717, 1.165) is 19.6 Å². The van der Waals surface area contributed by atoms with E-state index in [9.17, 15) is 0 Å². The van der Waals surface area contributed by atoms with Gasteiger partial charge < -0.3 is 9.47 Å². The number of rotatable bonds is 0. The van der Waals surface area contributed by atoms with Gasteiger partial charge in [0, 0.05) is 6.42 Å². The van der Waals surface area contributed by atoms with Crippen LogP contribution < -0.4 is 0 Å². The van der Waals surface area contributed by atoms with Crippen LogP contribution in [0.5, 0.6) is 0 Å². The van der Waals surface area contributed by atoms with Gasteiger partial charge in [0.2, 0.25) is 0 Å². The third-order valence-corrected chi connectivity index (χ3v) is 0.772. The van der Waals surface area contributed by atoms with Gasteiger partial charge in [-0.3, -0.25) is 0 Å². The molecule has 1 heterocycles. The first-order chi connectivity index (χ1) is 3.50. The van der Waals surface area contributed by atoms with Crippen LogP contribution in [0.2, 0.25) is 0 Å². The molecule has 0 saturated carbocycles. The average molecular weight is 100 g/mol. The molecule has 0 fully saturated rings. The van der Waals surface area contributed by atoms with Crippen LogP contribution in [-0.2, 0) is 9.47 Å². The molecule has 0 unspecified atom stereocenters. The second-order valence-corrected chi connectivity index (χ2v) is 1.37. The predicted octanol–water partition coefficient (Wildman–Crippen LogP) is 0.894. The Hall–Kier alpha value is -0.660. The Labute approximate surface area is 42.7 Å². The Balaban J connectivity index is 2.20. The summed E-state index contributed by atoms with van der Waals surface area (Å²) < 4.78 is 9.78. The quantitative estimate of drug-likeness (QED) is 0.450. The van der Waals surface area contributed by atoms with Gasteiger partial charge in [0.15, 0.2) is 0 Å². The molecule has 7 heavy (non-hydrogen) atoms. The maximum Gasteiger partial charge on any atom is 0.117 e. The van der Waals surface area contributed by atoms with Crippen molar-refractivity contribution < 1.29 is 9.47 Å². The first kappa shape index (κ1) is 4.50. The molecule has 0 aliphatic carbocycles. The minimum atomic E-state index is 0.788. The fraction of sp³-hybridized carbons (Fsp3) is 0.600. The van der Waals surface area contributed by atoms with Crippen molar-refractivity contribution in [3.05, 3.63) is 12.5 Å². The van der Waals surface area contributed by atoms with E-state index in [1.165, 1.54) is 0 Å². The van der Waals surface area contributed by atoms with Crippen LogP contribution in [0, 0.1) is 0 Å². The van der Waals surface area contributed by atoms with E-state index in [4.69, 9.17) is 9.47 Å². The lowest BCUT2D eigenvalue weighted by atomic mass is 10.5. The molecular formula is C5H8O2. The second-order valence-electron chi connectivity index (χ2n) is 1.37. The predicted molar refractivity (Wildman–Crippen MR) is 25.7 cm³/mol. The molecule has 0 amide bonds. The van der Waals surface area contributed by atoms with Gasteiger partial charge in [0.25, 0.3) is 0 Å². The summed E-state index contributed by atoms with van der Waals surface area (Å²) in [6, 6.07) is 0. The number of ether oxygens (including phenoxy) is 2. The van der Waals surface area contributed by atoms with Gasteiger partial charge in [0.05, 0.1) is 13.2 Å². The second kappa shape index (κ2) is 2.50. The zero-order valence-corrected chi connectivity index (χ0v) is 4.09. The molecule has 0 radical (unpaired) electrons. The van der Waals surface area contributed by atoms with Crippen molar-refractivity contribution in [3.63, 3.8) is 0 Å². The van der Waals surface area contributed by atoms with Crippen LogP contribution in [0.1, 0.15) is 6.42 Å². The lowest BCUT2D eigenvalue weighted by Crippen LogP contribution is -1.88. The Bertz CT molecular complexity index is 60.5. The van der Waals surface area contributed by atoms with Crippen molar-refractivity contribution in [2.45, 2.75) is 6.42 Å². The molecular weight excluding hydrogens is 92.1 g/mol.